The molecule has 1 aromatic rings. The summed E-state index contributed by atoms with van der Waals surface area (Å²) >= 11 is 0. The second-order valence-corrected chi connectivity index (χ2v) is 3.75. The highest BCUT2D eigenvalue weighted by Crippen LogP contribution is 2.33. The SMILES string of the molecule is CC(O)C(C#N)c1ccc2c(c1)OCCO2. The molecule has 84 valence electrons. The quantitative estimate of drug-likeness (QED) is 0.817. The lowest BCUT2D eigenvalue weighted by atomic mass is 9.95. The van der Waals surface area contributed by atoms with E-state index in [-0.39, 0.29) is 0 Å². The summed E-state index contributed by atoms with van der Waals surface area (Å²) < 4.78 is 10.8. The summed E-state index contributed by atoms with van der Waals surface area (Å²) in [5.74, 6) is 0.803. The number of aliphatic hydroxyl groups excluding tert-OH is 1. The predicted octanol–water partition coefficient (Wildman–Crippen LogP) is 1.45. The van der Waals surface area contributed by atoms with Gasteiger partial charge in [0.2, 0.25) is 0 Å². The van der Waals surface area contributed by atoms with E-state index in [0.717, 1.165) is 5.56 Å². The molecule has 1 aliphatic heterocycles. The fraction of sp³-hybridized carbons (Fsp3) is 0.417. The molecule has 2 atom stereocenters. The Kier molecular flexibility index (Phi) is 2.97. The van der Waals surface area contributed by atoms with Crippen molar-refractivity contribution in [1.82, 2.24) is 0 Å². The number of aliphatic hydroxyl groups is 1. The zero-order valence-corrected chi connectivity index (χ0v) is 9.01. The predicted molar refractivity (Wildman–Crippen MR) is 57.5 cm³/mol. The van der Waals surface area contributed by atoms with Gasteiger partial charge in [0.05, 0.1) is 18.1 Å². The van der Waals surface area contributed by atoms with Crippen LogP contribution in [-0.2, 0) is 0 Å². The van der Waals surface area contributed by atoms with Crippen LogP contribution in [0.5, 0.6) is 11.5 Å². The van der Waals surface area contributed by atoms with Crippen LogP contribution in [0.2, 0.25) is 0 Å². The summed E-state index contributed by atoms with van der Waals surface area (Å²) in [4.78, 5) is 0. The molecule has 1 aromatic carbocycles. The molecular formula is C12H13NO3. The van der Waals surface area contributed by atoms with E-state index in [1.807, 2.05) is 0 Å². The number of rotatable bonds is 2. The molecule has 0 fully saturated rings. The molecule has 2 unspecified atom stereocenters. The largest absolute Gasteiger partial charge is 0.486 e. The van der Waals surface area contributed by atoms with E-state index < -0.39 is 12.0 Å². The van der Waals surface area contributed by atoms with Gasteiger partial charge in [0.15, 0.2) is 11.5 Å². The molecular weight excluding hydrogens is 206 g/mol. The van der Waals surface area contributed by atoms with E-state index in [1.54, 1.807) is 25.1 Å². The van der Waals surface area contributed by atoms with Crippen LogP contribution in [0, 0.1) is 11.3 Å². The molecule has 0 aliphatic carbocycles. The Bertz CT molecular complexity index is 423. The normalized spacial score (nSPS) is 17.3. The second kappa shape index (κ2) is 4.42. The van der Waals surface area contributed by atoms with Gasteiger partial charge in [0.25, 0.3) is 0 Å². The van der Waals surface area contributed by atoms with Gasteiger partial charge < -0.3 is 14.6 Å². The Morgan fingerprint density at radius 2 is 2.00 bits per heavy atom. The highest BCUT2D eigenvalue weighted by molar-refractivity contribution is 5.46. The minimum Gasteiger partial charge on any atom is -0.486 e. The van der Waals surface area contributed by atoms with Gasteiger partial charge in [-0.05, 0) is 24.6 Å². The number of hydrogen-bond acceptors (Lipinski definition) is 4. The van der Waals surface area contributed by atoms with Crippen molar-refractivity contribution in [3.63, 3.8) is 0 Å². The zero-order chi connectivity index (χ0) is 11.5. The number of hydrogen-bond donors (Lipinski definition) is 1. The smallest absolute Gasteiger partial charge is 0.161 e. The summed E-state index contributed by atoms with van der Waals surface area (Å²) in [5.41, 5.74) is 0.752. The molecule has 4 nitrogen and oxygen atoms in total. The standard InChI is InChI=1S/C12H13NO3/c1-8(14)10(7-13)9-2-3-11-12(6-9)16-5-4-15-11/h2-3,6,8,10,14H,4-5H2,1H3. The van der Waals surface area contributed by atoms with E-state index in [2.05, 4.69) is 6.07 Å². The number of ether oxygens (including phenoxy) is 2. The minimum atomic E-state index is -0.701. The lowest BCUT2D eigenvalue weighted by Crippen LogP contribution is -2.17. The van der Waals surface area contributed by atoms with Crippen LogP contribution in [0.15, 0.2) is 18.2 Å². The van der Waals surface area contributed by atoms with Crippen LogP contribution in [0.1, 0.15) is 18.4 Å². The molecule has 16 heavy (non-hydrogen) atoms. The van der Waals surface area contributed by atoms with Crippen molar-refractivity contribution >= 4 is 0 Å². The van der Waals surface area contributed by atoms with Gasteiger partial charge in [-0.2, -0.15) is 5.26 Å². The molecule has 1 heterocycles. The number of nitriles is 1. The van der Waals surface area contributed by atoms with Gasteiger partial charge in [-0.25, -0.2) is 0 Å². The maximum Gasteiger partial charge on any atom is 0.161 e. The van der Waals surface area contributed by atoms with Gasteiger partial charge in [-0.15, -0.1) is 0 Å². The first-order chi connectivity index (χ1) is 7.72. The average molecular weight is 219 g/mol. The number of fused-ring (bicyclic) bond motifs is 1. The Labute approximate surface area is 94.0 Å². The maximum atomic E-state index is 9.48. The van der Waals surface area contributed by atoms with Gasteiger partial charge in [-0.3, -0.25) is 0 Å². The topological polar surface area (TPSA) is 62.5 Å². The van der Waals surface area contributed by atoms with E-state index in [0.29, 0.717) is 24.7 Å². The third-order valence-corrected chi connectivity index (χ3v) is 2.55. The van der Waals surface area contributed by atoms with Crippen LogP contribution in [0.4, 0.5) is 0 Å². The van der Waals surface area contributed by atoms with E-state index >= 15 is 0 Å². The molecule has 0 spiro atoms. The molecule has 2 rings (SSSR count). The van der Waals surface area contributed by atoms with Gasteiger partial charge in [0.1, 0.15) is 13.2 Å². The molecule has 0 aromatic heterocycles. The van der Waals surface area contributed by atoms with E-state index in [1.165, 1.54) is 0 Å². The van der Waals surface area contributed by atoms with Crippen molar-refractivity contribution in [3.05, 3.63) is 23.8 Å². The summed E-state index contributed by atoms with van der Waals surface area (Å²) in [7, 11) is 0. The Morgan fingerprint density at radius 3 is 2.62 bits per heavy atom. The van der Waals surface area contributed by atoms with Crippen molar-refractivity contribution in [2.24, 2.45) is 0 Å². The Hall–Kier alpha value is -1.73. The molecule has 0 bridgehead atoms. The van der Waals surface area contributed by atoms with Crippen LogP contribution < -0.4 is 9.47 Å². The highest BCUT2D eigenvalue weighted by atomic mass is 16.6. The third kappa shape index (κ3) is 1.95. The van der Waals surface area contributed by atoms with Crippen molar-refractivity contribution in [3.8, 4) is 17.6 Å². The van der Waals surface area contributed by atoms with Crippen molar-refractivity contribution in [1.29, 1.82) is 5.26 Å². The van der Waals surface area contributed by atoms with Crippen molar-refractivity contribution in [2.75, 3.05) is 13.2 Å². The molecule has 4 heteroatoms. The monoisotopic (exact) mass is 219 g/mol. The Balaban J connectivity index is 2.33. The Morgan fingerprint density at radius 1 is 1.31 bits per heavy atom. The molecule has 0 radical (unpaired) electrons. The van der Waals surface area contributed by atoms with Crippen molar-refractivity contribution < 1.29 is 14.6 Å². The summed E-state index contributed by atoms with van der Waals surface area (Å²) in [6.45, 7) is 2.66. The molecule has 1 aliphatic rings. The molecule has 0 amide bonds. The third-order valence-electron chi connectivity index (χ3n) is 2.55. The molecule has 1 N–H and O–H groups in total. The average Bonchev–Trinajstić information content (AvgIpc) is 2.29. The maximum absolute atomic E-state index is 9.48. The van der Waals surface area contributed by atoms with E-state index in [9.17, 15) is 5.11 Å². The number of nitrogens with zero attached hydrogens (tertiary/aromatic N) is 1. The molecule has 0 saturated heterocycles. The molecule has 0 saturated carbocycles. The summed E-state index contributed by atoms with van der Waals surface area (Å²) in [5, 5.41) is 18.4. The fourth-order valence-corrected chi connectivity index (χ4v) is 1.71. The van der Waals surface area contributed by atoms with Crippen LogP contribution in [0.3, 0.4) is 0 Å². The van der Waals surface area contributed by atoms with Crippen LogP contribution >= 0.6 is 0 Å². The fourth-order valence-electron chi connectivity index (χ4n) is 1.71. The summed E-state index contributed by atoms with van der Waals surface area (Å²) in [6.07, 6.45) is -0.701. The van der Waals surface area contributed by atoms with Gasteiger partial charge in [0, 0.05) is 0 Å². The van der Waals surface area contributed by atoms with Crippen LogP contribution in [0.25, 0.3) is 0 Å². The lowest BCUT2D eigenvalue weighted by molar-refractivity contribution is 0.169. The first kappa shape index (κ1) is 10.8. The van der Waals surface area contributed by atoms with Crippen LogP contribution in [-0.4, -0.2) is 24.4 Å². The zero-order valence-electron chi connectivity index (χ0n) is 9.01. The summed E-state index contributed by atoms with van der Waals surface area (Å²) in [6, 6.07) is 7.40. The second-order valence-electron chi connectivity index (χ2n) is 3.75. The lowest BCUT2D eigenvalue weighted by Gasteiger charge is -2.20. The van der Waals surface area contributed by atoms with Gasteiger partial charge >= 0.3 is 0 Å². The van der Waals surface area contributed by atoms with Crippen molar-refractivity contribution in [2.45, 2.75) is 18.9 Å². The first-order valence-electron chi connectivity index (χ1n) is 5.19. The highest BCUT2D eigenvalue weighted by Gasteiger charge is 2.20. The first-order valence-corrected chi connectivity index (χ1v) is 5.19. The van der Waals surface area contributed by atoms with E-state index in [4.69, 9.17) is 14.7 Å². The minimum absolute atomic E-state index is 0.516. The van der Waals surface area contributed by atoms with Gasteiger partial charge in [-0.1, -0.05) is 6.07 Å². The number of benzene rings is 1.